The van der Waals surface area contributed by atoms with E-state index in [4.69, 9.17) is 4.74 Å². The predicted molar refractivity (Wildman–Crippen MR) is 62.2 cm³/mol. The Morgan fingerprint density at radius 1 is 1.56 bits per heavy atom. The molecule has 2 unspecified atom stereocenters. The second kappa shape index (κ2) is 5.15. The smallest absolute Gasteiger partial charge is 0.327 e. The monoisotopic (exact) mass is 226 g/mol. The summed E-state index contributed by atoms with van der Waals surface area (Å²) < 4.78 is 5.36. The number of carbonyl (C=O) groups excluding carboxylic acids is 1. The Labute approximate surface area is 97.1 Å². The minimum atomic E-state index is -0.436. The van der Waals surface area contributed by atoms with E-state index in [1.165, 1.54) is 0 Å². The summed E-state index contributed by atoms with van der Waals surface area (Å²) in [7, 11) is 0. The van der Waals surface area contributed by atoms with Gasteiger partial charge in [-0.3, -0.25) is 5.32 Å². The Balaban J connectivity index is 1.91. The van der Waals surface area contributed by atoms with Crippen LogP contribution >= 0.6 is 0 Å². The number of rotatable bonds is 4. The van der Waals surface area contributed by atoms with Crippen molar-refractivity contribution in [1.29, 1.82) is 0 Å². The first-order valence-corrected chi connectivity index (χ1v) is 6.42. The molecule has 0 radical (unpaired) electrons. The lowest BCUT2D eigenvalue weighted by molar-refractivity contribution is -0.154. The van der Waals surface area contributed by atoms with Gasteiger partial charge in [0.2, 0.25) is 0 Å². The third-order valence-corrected chi connectivity index (χ3v) is 3.58. The number of unbranched alkanes of at least 4 members (excludes halogenated alkanes) is 1. The fraction of sp³-hybridized carbons (Fsp3) is 0.917. The molecule has 2 fully saturated rings. The molecule has 2 N–H and O–H groups in total. The van der Waals surface area contributed by atoms with Crippen LogP contribution in [-0.4, -0.2) is 37.2 Å². The molecule has 0 aromatic heterocycles. The molecule has 0 aliphatic carbocycles. The number of ether oxygens (including phenoxy) is 1. The number of nitrogens with one attached hydrogen (secondary N) is 2. The SMILES string of the molecule is CCCCOC(=O)C12CCCC(CNC1)N2. The molecule has 0 saturated carbocycles. The van der Waals surface area contributed by atoms with Crippen LogP contribution in [-0.2, 0) is 9.53 Å². The Morgan fingerprint density at radius 2 is 2.44 bits per heavy atom. The fourth-order valence-electron chi connectivity index (χ4n) is 2.62. The normalized spacial score (nSPS) is 33.4. The summed E-state index contributed by atoms with van der Waals surface area (Å²) in [6.07, 6.45) is 5.22. The molecule has 4 heteroatoms. The van der Waals surface area contributed by atoms with E-state index >= 15 is 0 Å². The third kappa shape index (κ3) is 2.38. The van der Waals surface area contributed by atoms with E-state index in [9.17, 15) is 4.79 Å². The average molecular weight is 226 g/mol. The average Bonchev–Trinajstić information content (AvgIpc) is 2.29. The number of fused-ring (bicyclic) bond motifs is 2. The Morgan fingerprint density at radius 3 is 3.25 bits per heavy atom. The lowest BCUT2D eigenvalue weighted by atomic mass is 9.83. The van der Waals surface area contributed by atoms with Crippen molar-refractivity contribution in [2.24, 2.45) is 0 Å². The van der Waals surface area contributed by atoms with Gasteiger partial charge in [0.1, 0.15) is 5.54 Å². The Kier molecular flexibility index (Phi) is 3.82. The zero-order valence-electron chi connectivity index (χ0n) is 10.1. The molecule has 2 bridgehead atoms. The molecular weight excluding hydrogens is 204 g/mol. The van der Waals surface area contributed by atoms with Gasteiger partial charge >= 0.3 is 5.97 Å². The molecule has 0 aromatic carbocycles. The number of carbonyl (C=O) groups is 1. The maximum atomic E-state index is 12.1. The molecule has 0 aromatic rings. The molecular formula is C12H22N2O2. The lowest BCUT2D eigenvalue weighted by Gasteiger charge is -2.44. The summed E-state index contributed by atoms with van der Waals surface area (Å²) in [6.45, 7) is 4.35. The zero-order chi connectivity index (χ0) is 11.4. The van der Waals surface area contributed by atoms with Crippen LogP contribution in [0.4, 0.5) is 0 Å². The van der Waals surface area contributed by atoms with Gasteiger partial charge in [-0.15, -0.1) is 0 Å². The molecule has 2 saturated heterocycles. The second-order valence-electron chi connectivity index (χ2n) is 4.94. The summed E-state index contributed by atoms with van der Waals surface area (Å²) in [5.74, 6) is -0.0575. The first-order chi connectivity index (χ1) is 7.77. The van der Waals surface area contributed by atoms with E-state index < -0.39 is 5.54 Å². The van der Waals surface area contributed by atoms with E-state index in [1.807, 2.05) is 0 Å². The number of piperazine rings is 1. The zero-order valence-corrected chi connectivity index (χ0v) is 10.1. The van der Waals surface area contributed by atoms with Gasteiger partial charge in [-0.25, -0.2) is 4.79 Å². The highest BCUT2D eigenvalue weighted by Gasteiger charge is 2.45. The van der Waals surface area contributed by atoms with Crippen LogP contribution in [0, 0.1) is 0 Å². The van der Waals surface area contributed by atoms with Gasteiger partial charge in [-0.05, 0) is 25.7 Å². The molecule has 0 amide bonds. The van der Waals surface area contributed by atoms with E-state index in [2.05, 4.69) is 17.6 Å². The number of esters is 1. The summed E-state index contributed by atoms with van der Waals surface area (Å²) in [6, 6.07) is 0.446. The summed E-state index contributed by atoms with van der Waals surface area (Å²) in [4.78, 5) is 12.1. The quantitative estimate of drug-likeness (QED) is 0.550. The van der Waals surface area contributed by atoms with Crippen LogP contribution in [0.2, 0.25) is 0 Å². The molecule has 2 heterocycles. The molecule has 92 valence electrons. The molecule has 4 nitrogen and oxygen atoms in total. The highest BCUT2D eigenvalue weighted by Crippen LogP contribution is 2.26. The van der Waals surface area contributed by atoms with Crippen molar-refractivity contribution >= 4 is 5.97 Å². The van der Waals surface area contributed by atoms with Gasteiger partial charge in [0.25, 0.3) is 0 Å². The number of hydrogen-bond acceptors (Lipinski definition) is 4. The van der Waals surface area contributed by atoms with Crippen molar-refractivity contribution in [1.82, 2.24) is 10.6 Å². The van der Waals surface area contributed by atoms with Crippen molar-refractivity contribution in [3.05, 3.63) is 0 Å². The van der Waals surface area contributed by atoms with E-state index in [1.54, 1.807) is 0 Å². The fourth-order valence-corrected chi connectivity index (χ4v) is 2.62. The Hall–Kier alpha value is -0.610. The van der Waals surface area contributed by atoms with Gasteiger partial charge < -0.3 is 10.1 Å². The standard InChI is InChI=1S/C12H22N2O2/c1-2-3-7-16-11(15)12-6-4-5-10(14-12)8-13-9-12/h10,13-14H,2-9H2,1H3. The minimum Gasteiger partial charge on any atom is -0.464 e. The van der Waals surface area contributed by atoms with Gasteiger partial charge in [0, 0.05) is 19.1 Å². The largest absolute Gasteiger partial charge is 0.464 e. The van der Waals surface area contributed by atoms with Crippen LogP contribution in [0.1, 0.15) is 39.0 Å². The predicted octanol–water partition coefficient (Wildman–Crippen LogP) is 0.814. The van der Waals surface area contributed by atoms with Crippen LogP contribution in [0.3, 0.4) is 0 Å². The summed E-state index contributed by atoms with van der Waals surface area (Å²) >= 11 is 0. The molecule has 2 rings (SSSR count). The van der Waals surface area contributed by atoms with Crippen molar-refractivity contribution in [3.8, 4) is 0 Å². The maximum absolute atomic E-state index is 12.1. The number of hydrogen-bond donors (Lipinski definition) is 2. The molecule has 0 spiro atoms. The topological polar surface area (TPSA) is 50.4 Å². The summed E-state index contributed by atoms with van der Waals surface area (Å²) in [5, 5.41) is 6.79. The molecule has 2 aliphatic rings. The first kappa shape index (κ1) is 11.9. The van der Waals surface area contributed by atoms with E-state index in [-0.39, 0.29) is 5.97 Å². The van der Waals surface area contributed by atoms with E-state index in [0.29, 0.717) is 19.2 Å². The lowest BCUT2D eigenvalue weighted by Crippen LogP contribution is -2.69. The van der Waals surface area contributed by atoms with Crippen molar-refractivity contribution in [2.75, 3.05) is 19.7 Å². The third-order valence-electron chi connectivity index (χ3n) is 3.58. The van der Waals surface area contributed by atoms with Gasteiger partial charge in [-0.2, -0.15) is 0 Å². The van der Waals surface area contributed by atoms with Crippen LogP contribution in [0.25, 0.3) is 0 Å². The molecule has 2 aliphatic heterocycles. The summed E-state index contributed by atoms with van der Waals surface area (Å²) in [5.41, 5.74) is -0.436. The number of piperidine rings is 1. The van der Waals surface area contributed by atoms with E-state index in [0.717, 1.165) is 38.6 Å². The maximum Gasteiger partial charge on any atom is 0.327 e. The highest BCUT2D eigenvalue weighted by molar-refractivity contribution is 5.81. The minimum absolute atomic E-state index is 0.0575. The van der Waals surface area contributed by atoms with Gasteiger partial charge in [0.15, 0.2) is 0 Å². The van der Waals surface area contributed by atoms with Crippen molar-refractivity contribution < 1.29 is 9.53 Å². The van der Waals surface area contributed by atoms with Crippen molar-refractivity contribution in [3.63, 3.8) is 0 Å². The van der Waals surface area contributed by atoms with Gasteiger partial charge in [-0.1, -0.05) is 13.3 Å². The Bertz CT molecular complexity index is 245. The molecule has 2 atom stereocenters. The van der Waals surface area contributed by atoms with Crippen molar-refractivity contribution in [2.45, 2.75) is 50.6 Å². The van der Waals surface area contributed by atoms with Crippen LogP contribution < -0.4 is 10.6 Å². The van der Waals surface area contributed by atoms with Gasteiger partial charge in [0.05, 0.1) is 6.61 Å². The van der Waals surface area contributed by atoms with Crippen LogP contribution in [0.5, 0.6) is 0 Å². The first-order valence-electron chi connectivity index (χ1n) is 6.42. The molecule has 16 heavy (non-hydrogen) atoms. The second-order valence-corrected chi connectivity index (χ2v) is 4.94. The highest BCUT2D eigenvalue weighted by atomic mass is 16.5. The van der Waals surface area contributed by atoms with Crippen LogP contribution in [0.15, 0.2) is 0 Å².